The number of aliphatic hydroxyl groups is 1. The van der Waals surface area contributed by atoms with E-state index in [1.54, 1.807) is 0 Å². The van der Waals surface area contributed by atoms with Crippen LogP contribution in [0.15, 0.2) is 0 Å². The monoisotopic (exact) mass is 230 g/mol. The number of esters is 1. The molecular formula is C10H18N2O4. The Morgan fingerprint density at radius 1 is 1.56 bits per heavy atom. The summed E-state index contributed by atoms with van der Waals surface area (Å²) in [6, 6.07) is -1.27. The third-order valence-corrected chi connectivity index (χ3v) is 2.61. The molecule has 0 bridgehead atoms. The molecule has 0 aromatic rings. The Morgan fingerprint density at radius 2 is 2.25 bits per heavy atom. The van der Waals surface area contributed by atoms with Gasteiger partial charge in [-0.1, -0.05) is 0 Å². The Kier molecular flexibility index (Phi) is 4.70. The van der Waals surface area contributed by atoms with Gasteiger partial charge in [0.05, 0.1) is 19.3 Å². The molecule has 92 valence electrons. The zero-order valence-electron chi connectivity index (χ0n) is 9.53. The SMILES string of the molecule is COC(=O)[C@@H](NC(=O)C1CCCN1)[C@@H](C)O. The van der Waals surface area contributed by atoms with E-state index in [1.807, 2.05) is 0 Å². The van der Waals surface area contributed by atoms with Gasteiger partial charge in [0.25, 0.3) is 0 Å². The standard InChI is InChI=1S/C10H18N2O4/c1-6(13)8(10(15)16-2)12-9(14)7-4-3-5-11-7/h6-8,11,13H,3-5H2,1-2H3,(H,12,14)/t6-,7?,8+/m1/s1. The smallest absolute Gasteiger partial charge is 0.331 e. The maximum atomic E-state index is 11.7. The largest absolute Gasteiger partial charge is 0.467 e. The van der Waals surface area contributed by atoms with E-state index < -0.39 is 18.1 Å². The number of methoxy groups -OCH3 is 1. The summed E-state index contributed by atoms with van der Waals surface area (Å²) in [5, 5.41) is 14.9. The lowest BCUT2D eigenvalue weighted by Gasteiger charge is -2.20. The third-order valence-electron chi connectivity index (χ3n) is 2.61. The number of aliphatic hydroxyl groups excluding tert-OH is 1. The zero-order chi connectivity index (χ0) is 12.1. The van der Waals surface area contributed by atoms with Crippen molar-refractivity contribution >= 4 is 11.9 Å². The summed E-state index contributed by atoms with van der Waals surface area (Å²) in [4.78, 5) is 23.0. The second-order valence-electron chi connectivity index (χ2n) is 3.90. The fourth-order valence-corrected chi connectivity index (χ4v) is 1.67. The van der Waals surface area contributed by atoms with E-state index >= 15 is 0 Å². The van der Waals surface area contributed by atoms with Gasteiger partial charge < -0.3 is 20.5 Å². The van der Waals surface area contributed by atoms with Crippen molar-refractivity contribution in [3.8, 4) is 0 Å². The van der Waals surface area contributed by atoms with E-state index in [-0.39, 0.29) is 11.9 Å². The molecule has 0 radical (unpaired) electrons. The maximum Gasteiger partial charge on any atom is 0.331 e. The molecule has 1 unspecified atom stereocenters. The molecule has 0 spiro atoms. The lowest BCUT2D eigenvalue weighted by Crippen LogP contribution is -2.52. The first-order chi connectivity index (χ1) is 7.56. The lowest BCUT2D eigenvalue weighted by atomic mass is 10.1. The Balaban J connectivity index is 2.53. The predicted molar refractivity (Wildman–Crippen MR) is 56.7 cm³/mol. The van der Waals surface area contributed by atoms with Crippen molar-refractivity contribution in [1.29, 1.82) is 0 Å². The molecule has 3 atom stereocenters. The van der Waals surface area contributed by atoms with Crippen LogP contribution in [0.3, 0.4) is 0 Å². The summed E-state index contributed by atoms with van der Waals surface area (Å²) in [5.41, 5.74) is 0. The van der Waals surface area contributed by atoms with Crippen LogP contribution >= 0.6 is 0 Å². The number of rotatable bonds is 4. The topological polar surface area (TPSA) is 87.7 Å². The normalized spacial score (nSPS) is 23.6. The fourth-order valence-electron chi connectivity index (χ4n) is 1.67. The van der Waals surface area contributed by atoms with Crippen LogP contribution < -0.4 is 10.6 Å². The predicted octanol–water partition coefficient (Wildman–Crippen LogP) is -1.22. The van der Waals surface area contributed by atoms with Crippen LogP contribution in [0.4, 0.5) is 0 Å². The number of nitrogens with one attached hydrogen (secondary N) is 2. The van der Waals surface area contributed by atoms with E-state index in [9.17, 15) is 14.7 Å². The Labute approximate surface area is 94.3 Å². The molecule has 0 aromatic heterocycles. The number of ether oxygens (including phenoxy) is 1. The van der Waals surface area contributed by atoms with Crippen molar-refractivity contribution in [2.24, 2.45) is 0 Å². The molecule has 1 aliphatic rings. The van der Waals surface area contributed by atoms with E-state index in [1.165, 1.54) is 14.0 Å². The average Bonchev–Trinajstić information content (AvgIpc) is 2.77. The highest BCUT2D eigenvalue weighted by Gasteiger charge is 2.30. The number of hydrogen-bond acceptors (Lipinski definition) is 5. The lowest BCUT2D eigenvalue weighted by molar-refractivity contribution is -0.148. The van der Waals surface area contributed by atoms with E-state index in [4.69, 9.17) is 0 Å². The molecule has 1 heterocycles. The molecule has 1 fully saturated rings. The van der Waals surface area contributed by atoms with Crippen molar-refractivity contribution < 1.29 is 19.4 Å². The summed E-state index contributed by atoms with van der Waals surface area (Å²) in [6.45, 7) is 2.24. The molecule has 1 aliphatic heterocycles. The number of carbonyl (C=O) groups is 2. The van der Waals surface area contributed by atoms with Gasteiger partial charge in [-0.25, -0.2) is 4.79 Å². The molecule has 1 saturated heterocycles. The van der Waals surface area contributed by atoms with Gasteiger partial charge in [0.15, 0.2) is 6.04 Å². The number of amides is 1. The minimum atomic E-state index is -1.00. The van der Waals surface area contributed by atoms with Gasteiger partial charge in [0, 0.05) is 0 Å². The molecule has 0 aliphatic carbocycles. The van der Waals surface area contributed by atoms with Crippen molar-refractivity contribution in [2.45, 2.75) is 38.0 Å². The molecule has 6 heteroatoms. The minimum Gasteiger partial charge on any atom is -0.467 e. The van der Waals surface area contributed by atoms with Crippen molar-refractivity contribution in [3.63, 3.8) is 0 Å². The number of hydrogen-bond donors (Lipinski definition) is 3. The summed E-state index contributed by atoms with van der Waals surface area (Å²) in [5.74, 6) is -0.907. The number of carbonyl (C=O) groups excluding carboxylic acids is 2. The Hall–Kier alpha value is -1.14. The van der Waals surface area contributed by atoms with E-state index in [0.717, 1.165) is 19.4 Å². The van der Waals surface area contributed by atoms with Crippen LogP contribution in [0, 0.1) is 0 Å². The van der Waals surface area contributed by atoms with Crippen molar-refractivity contribution in [1.82, 2.24) is 10.6 Å². The summed E-state index contributed by atoms with van der Waals surface area (Å²) in [7, 11) is 1.22. The quantitative estimate of drug-likeness (QED) is 0.527. The van der Waals surface area contributed by atoms with Gasteiger partial charge in [-0.05, 0) is 26.3 Å². The fraction of sp³-hybridized carbons (Fsp3) is 0.800. The second kappa shape index (κ2) is 5.81. The summed E-state index contributed by atoms with van der Waals surface area (Å²) in [6.07, 6.45) is 0.715. The molecular weight excluding hydrogens is 212 g/mol. The van der Waals surface area contributed by atoms with Crippen LogP contribution in [0.2, 0.25) is 0 Å². The van der Waals surface area contributed by atoms with Gasteiger partial charge in [-0.15, -0.1) is 0 Å². The van der Waals surface area contributed by atoms with Gasteiger partial charge in [-0.3, -0.25) is 4.79 Å². The van der Waals surface area contributed by atoms with Crippen molar-refractivity contribution in [3.05, 3.63) is 0 Å². The molecule has 0 aromatic carbocycles. The second-order valence-corrected chi connectivity index (χ2v) is 3.90. The maximum absolute atomic E-state index is 11.7. The van der Waals surface area contributed by atoms with E-state index in [2.05, 4.69) is 15.4 Å². The van der Waals surface area contributed by atoms with Gasteiger partial charge in [0.2, 0.25) is 5.91 Å². The molecule has 1 amide bonds. The highest BCUT2D eigenvalue weighted by Crippen LogP contribution is 2.06. The van der Waals surface area contributed by atoms with Crippen LogP contribution in [0.1, 0.15) is 19.8 Å². The minimum absolute atomic E-state index is 0.270. The zero-order valence-corrected chi connectivity index (χ0v) is 9.53. The highest BCUT2D eigenvalue weighted by molar-refractivity contribution is 5.88. The van der Waals surface area contributed by atoms with Crippen molar-refractivity contribution in [2.75, 3.05) is 13.7 Å². The summed E-state index contributed by atoms with van der Waals surface area (Å²) >= 11 is 0. The molecule has 0 saturated carbocycles. The average molecular weight is 230 g/mol. The highest BCUT2D eigenvalue weighted by atomic mass is 16.5. The Bertz CT molecular complexity index is 262. The van der Waals surface area contributed by atoms with Gasteiger partial charge in [0.1, 0.15) is 0 Å². The third kappa shape index (κ3) is 3.18. The van der Waals surface area contributed by atoms with Gasteiger partial charge >= 0.3 is 5.97 Å². The first-order valence-corrected chi connectivity index (χ1v) is 5.36. The van der Waals surface area contributed by atoms with Crippen LogP contribution in [-0.4, -0.2) is 48.8 Å². The van der Waals surface area contributed by atoms with E-state index in [0.29, 0.717) is 0 Å². The van der Waals surface area contributed by atoms with Crippen LogP contribution in [0.5, 0.6) is 0 Å². The van der Waals surface area contributed by atoms with Crippen LogP contribution in [-0.2, 0) is 14.3 Å². The molecule has 6 nitrogen and oxygen atoms in total. The molecule has 16 heavy (non-hydrogen) atoms. The van der Waals surface area contributed by atoms with Crippen LogP contribution in [0.25, 0.3) is 0 Å². The van der Waals surface area contributed by atoms with Gasteiger partial charge in [-0.2, -0.15) is 0 Å². The molecule has 1 rings (SSSR count). The first-order valence-electron chi connectivity index (χ1n) is 5.36. The summed E-state index contributed by atoms with van der Waals surface area (Å²) < 4.78 is 4.50. The Morgan fingerprint density at radius 3 is 2.69 bits per heavy atom. The molecule has 3 N–H and O–H groups in total. The first kappa shape index (κ1) is 12.9.